The minimum atomic E-state index is -0.582. The Bertz CT molecular complexity index is 508. The topological polar surface area (TPSA) is 51.2 Å². The second-order valence-electron chi connectivity index (χ2n) is 3.21. The molecule has 0 saturated heterocycles. The molecule has 88 valence electrons. The number of hydrogen-bond acceptors (Lipinski definition) is 4. The van der Waals surface area contributed by atoms with Gasteiger partial charge in [-0.15, -0.1) is 0 Å². The Labute approximate surface area is 107 Å². The highest BCUT2D eigenvalue weighted by Gasteiger charge is 2.10. The van der Waals surface area contributed by atoms with Gasteiger partial charge in [-0.3, -0.25) is 5.32 Å². The maximum Gasteiger partial charge on any atom is 0.418 e. The summed E-state index contributed by atoms with van der Waals surface area (Å²) in [6.45, 7) is 1.77. The number of carbonyl (C=O) groups excluding carboxylic acids is 1. The summed E-state index contributed by atoms with van der Waals surface area (Å²) in [6, 6.07) is 8.80. The van der Waals surface area contributed by atoms with Crippen molar-refractivity contribution in [1.82, 2.24) is 4.98 Å². The van der Waals surface area contributed by atoms with Gasteiger partial charge in [0, 0.05) is 0 Å². The van der Waals surface area contributed by atoms with E-state index in [0.29, 0.717) is 20.9 Å². The minimum absolute atomic E-state index is 0.424. The van der Waals surface area contributed by atoms with Crippen molar-refractivity contribution in [2.24, 2.45) is 0 Å². The van der Waals surface area contributed by atoms with Gasteiger partial charge in [-0.25, -0.2) is 9.78 Å². The summed E-state index contributed by atoms with van der Waals surface area (Å²) in [5.41, 5.74) is 0.687. The molecule has 1 aromatic heterocycles. The van der Waals surface area contributed by atoms with Crippen molar-refractivity contribution in [2.75, 3.05) is 5.32 Å². The monoisotopic (exact) mass is 268 g/mol. The number of aromatic nitrogens is 1. The third-order valence-electron chi connectivity index (χ3n) is 1.90. The van der Waals surface area contributed by atoms with E-state index in [1.54, 1.807) is 31.2 Å². The predicted molar refractivity (Wildman–Crippen MR) is 67.9 cm³/mol. The summed E-state index contributed by atoms with van der Waals surface area (Å²) in [7, 11) is 0. The quantitative estimate of drug-likeness (QED) is 0.903. The molecule has 0 unspecified atom stereocenters. The number of amides is 1. The van der Waals surface area contributed by atoms with E-state index in [9.17, 15) is 4.79 Å². The molecule has 6 heteroatoms. The fraction of sp³-hybridized carbons (Fsp3) is 0.0909. The SMILES string of the molecule is Cc1nc(NC(=O)Oc2ccccc2)sc1Cl. The second-order valence-corrected chi connectivity index (χ2v) is 4.81. The fourth-order valence-electron chi connectivity index (χ4n) is 1.14. The third-order valence-corrected chi connectivity index (χ3v) is 3.27. The molecule has 0 spiro atoms. The first-order valence-corrected chi connectivity index (χ1v) is 6.01. The number of hydrogen-bond donors (Lipinski definition) is 1. The van der Waals surface area contributed by atoms with Gasteiger partial charge in [0.1, 0.15) is 10.1 Å². The zero-order valence-corrected chi connectivity index (χ0v) is 10.5. The fourth-order valence-corrected chi connectivity index (χ4v) is 2.08. The molecule has 0 aliphatic rings. The average molecular weight is 269 g/mol. The molecule has 1 N–H and O–H groups in total. The number of nitrogens with zero attached hydrogens (tertiary/aromatic N) is 1. The number of carbonyl (C=O) groups is 1. The highest BCUT2D eigenvalue weighted by Crippen LogP contribution is 2.27. The van der Waals surface area contributed by atoms with Crippen LogP contribution in [-0.4, -0.2) is 11.1 Å². The molecule has 4 nitrogen and oxygen atoms in total. The van der Waals surface area contributed by atoms with E-state index in [2.05, 4.69) is 10.3 Å². The van der Waals surface area contributed by atoms with Crippen LogP contribution in [0.15, 0.2) is 30.3 Å². The van der Waals surface area contributed by atoms with Gasteiger partial charge in [0.05, 0.1) is 5.69 Å². The van der Waals surface area contributed by atoms with Gasteiger partial charge in [-0.2, -0.15) is 0 Å². The van der Waals surface area contributed by atoms with Gasteiger partial charge < -0.3 is 4.74 Å². The van der Waals surface area contributed by atoms with Crippen LogP contribution in [0.1, 0.15) is 5.69 Å². The lowest BCUT2D eigenvalue weighted by atomic mass is 10.3. The van der Waals surface area contributed by atoms with Crippen molar-refractivity contribution in [3.63, 3.8) is 0 Å². The first-order valence-electron chi connectivity index (χ1n) is 4.82. The second kappa shape index (κ2) is 5.16. The Balaban J connectivity index is 1.98. The number of benzene rings is 1. The smallest absolute Gasteiger partial charge is 0.410 e. The van der Waals surface area contributed by atoms with Gasteiger partial charge >= 0.3 is 6.09 Å². The number of anilines is 1. The van der Waals surface area contributed by atoms with E-state index in [1.807, 2.05) is 6.07 Å². The van der Waals surface area contributed by atoms with E-state index in [-0.39, 0.29) is 0 Å². The average Bonchev–Trinajstić information content (AvgIpc) is 2.59. The van der Waals surface area contributed by atoms with E-state index < -0.39 is 6.09 Å². The molecular weight excluding hydrogens is 260 g/mol. The van der Waals surface area contributed by atoms with E-state index in [4.69, 9.17) is 16.3 Å². The molecular formula is C11H9ClN2O2S. The van der Waals surface area contributed by atoms with Gasteiger partial charge in [0.15, 0.2) is 5.13 Å². The molecule has 0 aliphatic heterocycles. The van der Waals surface area contributed by atoms with Crippen LogP contribution in [-0.2, 0) is 0 Å². The molecule has 2 rings (SSSR count). The van der Waals surface area contributed by atoms with E-state index >= 15 is 0 Å². The Morgan fingerprint density at radius 3 is 2.71 bits per heavy atom. The zero-order valence-electron chi connectivity index (χ0n) is 8.94. The summed E-state index contributed by atoms with van der Waals surface area (Å²) < 4.78 is 5.60. The maximum absolute atomic E-state index is 11.5. The number of nitrogens with one attached hydrogen (secondary N) is 1. The first kappa shape index (κ1) is 11.9. The maximum atomic E-state index is 11.5. The summed E-state index contributed by atoms with van der Waals surface area (Å²) in [5.74, 6) is 0.476. The summed E-state index contributed by atoms with van der Waals surface area (Å²) >= 11 is 7.03. The number of thiazole rings is 1. The minimum Gasteiger partial charge on any atom is -0.410 e. The lowest BCUT2D eigenvalue weighted by molar-refractivity contribution is 0.215. The van der Waals surface area contributed by atoms with Crippen molar-refractivity contribution in [3.8, 4) is 5.75 Å². The molecule has 0 saturated carbocycles. The van der Waals surface area contributed by atoms with Crippen LogP contribution >= 0.6 is 22.9 Å². The van der Waals surface area contributed by atoms with Crippen molar-refractivity contribution < 1.29 is 9.53 Å². The van der Waals surface area contributed by atoms with Crippen LogP contribution in [0.4, 0.5) is 9.93 Å². The summed E-state index contributed by atoms with van der Waals surface area (Å²) in [5, 5.41) is 2.94. The first-order chi connectivity index (χ1) is 8.15. The van der Waals surface area contributed by atoms with E-state index in [0.717, 1.165) is 0 Å². The molecule has 1 aromatic carbocycles. The largest absolute Gasteiger partial charge is 0.418 e. The van der Waals surface area contributed by atoms with E-state index in [1.165, 1.54) is 11.3 Å². The molecule has 0 bridgehead atoms. The van der Waals surface area contributed by atoms with Crippen LogP contribution in [0.25, 0.3) is 0 Å². The Kier molecular flexibility index (Phi) is 3.61. The molecule has 0 radical (unpaired) electrons. The highest BCUT2D eigenvalue weighted by molar-refractivity contribution is 7.19. The van der Waals surface area contributed by atoms with Crippen molar-refractivity contribution in [1.29, 1.82) is 0 Å². The van der Waals surface area contributed by atoms with Crippen LogP contribution in [0, 0.1) is 6.92 Å². The molecule has 0 aliphatic carbocycles. The third kappa shape index (κ3) is 3.18. The van der Waals surface area contributed by atoms with Gasteiger partial charge in [-0.1, -0.05) is 41.1 Å². The number of aryl methyl sites for hydroxylation is 1. The Morgan fingerprint density at radius 1 is 1.41 bits per heavy atom. The molecule has 1 heterocycles. The van der Waals surface area contributed by atoms with Crippen LogP contribution in [0.3, 0.4) is 0 Å². The Morgan fingerprint density at radius 2 is 2.12 bits per heavy atom. The lowest BCUT2D eigenvalue weighted by Gasteiger charge is -2.03. The number of rotatable bonds is 2. The van der Waals surface area contributed by atoms with Gasteiger partial charge in [-0.05, 0) is 19.1 Å². The summed E-state index contributed by atoms with van der Waals surface area (Å²) in [6.07, 6.45) is -0.582. The number of para-hydroxylation sites is 1. The standard InChI is InChI=1S/C11H9ClN2O2S/c1-7-9(12)17-10(13-7)14-11(15)16-8-5-3-2-4-6-8/h2-6H,1H3,(H,13,14,15). The van der Waals surface area contributed by atoms with Gasteiger partial charge in [0.25, 0.3) is 0 Å². The lowest BCUT2D eigenvalue weighted by Crippen LogP contribution is -2.16. The normalized spacial score (nSPS) is 10.0. The molecule has 0 fully saturated rings. The number of ether oxygens (including phenoxy) is 1. The Hall–Kier alpha value is -1.59. The predicted octanol–water partition coefficient (Wildman–Crippen LogP) is 3.72. The molecule has 1 amide bonds. The van der Waals surface area contributed by atoms with Crippen molar-refractivity contribution in [2.45, 2.75) is 6.92 Å². The van der Waals surface area contributed by atoms with Crippen LogP contribution < -0.4 is 10.1 Å². The number of halogens is 1. The highest BCUT2D eigenvalue weighted by atomic mass is 35.5. The zero-order chi connectivity index (χ0) is 12.3. The van der Waals surface area contributed by atoms with Crippen molar-refractivity contribution in [3.05, 3.63) is 40.4 Å². The van der Waals surface area contributed by atoms with Crippen LogP contribution in [0.2, 0.25) is 4.34 Å². The van der Waals surface area contributed by atoms with Gasteiger partial charge in [0.2, 0.25) is 0 Å². The molecule has 17 heavy (non-hydrogen) atoms. The van der Waals surface area contributed by atoms with Crippen molar-refractivity contribution >= 4 is 34.2 Å². The molecule has 0 atom stereocenters. The summed E-state index contributed by atoms with van der Waals surface area (Å²) in [4.78, 5) is 15.6. The van der Waals surface area contributed by atoms with Crippen LogP contribution in [0.5, 0.6) is 5.75 Å². The molecule has 2 aromatic rings.